The molecule has 2 aromatic carbocycles. The van der Waals surface area contributed by atoms with E-state index >= 15 is 0 Å². The number of carbonyl (C=O) groups excluding carboxylic acids is 3. The van der Waals surface area contributed by atoms with Gasteiger partial charge in [0.25, 0.3) is 11.8 Å². The highest BCUT2D eigenvalue weighted by Crippen LogP contribution is 2.11. The number of rotatable bonds is 8. The van der Waals surface area contributed by atoms with Crippen LogP contribution >= 0.6 is 0 Å². The maximum Gasteiger partial charge on any atom is 0.262 e. The minimum absolute atomic E-state index is 0.102. The molecule has 7 nitrogen and oxygen atoms in total. The summed E-state index contributed by atoms with van der Waals surface area (Å²) in [6, 6.07) is 15.6. The smallest absolute Gasteiger partial charge is 0.262 e. The molecular formula is C19H21N3O4. The van der Waals surface area contributed by atoms with Gasteiger partial charge in [0.15, 0.2) is 6.61 Å². The van der Waals surface area contributed by atoms with Gasteiger partial charge in [-0.3, -0.25) is 14.4 Å². The molecule has 0 atom stereocenters. The molecule has 0 spiro atoms. The van der Waals surface area contributed by atoms with Crippen molar-refractivity contribution in [3.8, 4) is 5.75 Å². The van der Waals surface area contributed by atoms with Crippen molar-refractivity contribution in [3.63, 3.8) is 0 Å². The normalized spacial score (nSPS) is 9.88. The van der Waals surface area contributed by atoms with Gasteiger partial charge >= 0.3 is 0 Å². The third-order valence-electron chi connectivity index (χ3n) is 3.33. The molecule has 3 amide bonds. The van der Waals surface area contributed by atoms with E-state index in [1.54, 1.807) is 36.4 Å². The molecule has 0 aromatic heterocycles. The third-order valence-corrected chi connectivity index (χ3v) is 3.33. The first-order valence-electron chi connectivity index (χ1n) is 8.15. The number of carbonyl (C=O) groups is 3. The van der Waals surface area contributed by atoms with Crippen molar-refractivity contribution in [1.82, 2.24) is 10.6 Å². The molecule has 26 heavy (non-hydrogen) atoms. The summed E-state index contributed by atoms with van der Waals surface area (Å²) in [5.41, 5.74) is 1.04. The molecule has 0 bridgehead atoms. The molecule has 0 saturated carbocycles. The van der Waals surface area contributed by atoms with E-state index in [2.05, 4.69) is 16.0 Å². The van der Waals surface area contributed by atoms with Gasteiger partial charge in [0.05, 0.1) is 0 Å². The fraction of sp³-hybridized carbons (Fsp3) is 0.211. The molecule has 2 rings (SSSR count). The van der Waals surface area contributed by atoms with Crippen LogP contribution < -0.4 is 20.7 Å². The van der Waals surface area contributed by atoms with Gasteiger partial charge in [-0.15, -0.1) is 0 Å². The number of benzene rings is 2. The van der Waals surface area contributed by atoms with Crippen LogP contribution in [0, 0.1) is 0 Å². The summed E-state index contributed by atoms with van der Waals surface area (Å²) < 4.78 is 5.37. The van der Waals surface area contributed by atoms with Crippen LogP contribution in [-0.2, 0) is 9.59 Å². The van der Waals surface area contributed by atoms with E-state index in [0.29, 0.717) is 30.1 Å². The van der Waals surface area contributed by atoms with Crippen LogP contribution in [-0.4, -0.2) is 37.4 Å². The van der Waals surface area contributed by atoms with Crippen LogP contribution in [0.1, 0.15) is 17.3 Å². The van der Waals surface area contributed by atoms with Gasteiger partial charge in [-0.25, -0.2) is 0 Å². The molecule has 7 heteroatoms. The van der Waals surface area contributed by atoms with E-state index in [-0.39, 0.29) is 24.3 Å². The van der Waals surface area contributed by atoms with Gasteiger partial charge in [0.1, 0.15) is 5.75 Å². The minimum atomic E-state index is -0.290. The fourth-order valence-corrected chi connectivity index (χ4v) is 2.08. The summed E-state index contributed by atoms with van der Waals surface area (Å²) in [7, 11) is 0. The average molecular weight is 355 g/mol. The van der Waals surface area contributed by atoms with Crippen LogP contribution in [0.5, 0.6) is 5.75 Å². The zero-order valence-corrected chi connectivity index (χ0v) is 14.5. The highest BCUT2D eigenvalue weighted by atomic mass is 16.5. The average Bonchev–Trinajstić information content (AvgIpc) is 2.65. The van der Waals surface area contributed by atoms with Crippen LogP contribution in [0.2, 0.25) is 0 Å². The van der Waals surface area contributed by atoms with Crippen molar-refractivity contribution in [3.05, 3.63) is 60.2 Å². The minimum Gasteiger partial charge on any atom is -0.484 e. The summed E-state index contributed by atoms with van der Waals surface area (Å²) >= 11 is 0. The van der Waals surface area contributed by atoms with Crippen LogP contribution in [0.3, 0.4) is 0 Å². The number of hydrogen-bond acceptors (Lipinski definition) is 4. The number of ether oxygens (including phenoxy) is 1. The molecule has 0 radical (unpaired) electrons. The number of para-hydroxylation sites is 1. The van der Waals surface area contributed by atoms with Crippen LogP contribution in [0.4, 0.5) is 5.69 Å². The Bertz CT molecular complexity index is 745. The SMILES string of the molecule is CC(=O)NCCNC(=O)c1ccc(NC(=O)COc2ccccc2)cc1. The maximum atomic E-state index is 12.0. The topological polar surface area (TPSA) is 96.5 Å². The summed E-state index contributed by atoms with van der Waals surface area (Å²) in [5.74, 6) is -0.0634. The molecule has 0 fully saturated rings. The van der Waals surface area contributed by atoms with E-state index in [1.807, 2.05) is 18.2 Å². The van der Waals surface area contributed by atoms with Crippen molar-refractivity contribution in [2.24, 2.45) is 0 Å². The second-order valence-corrected chi connectivity index (χ2v) is 5.47. The van der Waals surface area contributed by atoms with E-state index < -0.39 is 0 Å². The number of hydrogen-bond donors (Lipinski definition) is 3. The number of amides is 3. The first kappa shape index (κ1) is 19.0. The molecule has 0 aliphatic carbocycles. The highest BCUT2D eigenvalue weighted by Gasteiger charge is 2.07. The Kier molecular flexibility index (Phi) is 7.17. The lowest BCUT2D eigenvalue weighted by atomic mass is 10.2. The van der Waals surface area contributed by atoms with Gasteiger partial charge in [0, 0.05) is 31.3 Å². The molecule has 0 unspecified atom stereocenters. The maximum absolute atomic E-state index is 12.0. The Morgan fingerprint density at radius 1 is 0.885 bits per heavy atom. The second-order valence-electron chi connectivity index (χ2n) is 5.47. The molecule has 0 aliphatic rings. The summed E-state index contributed by atoms with van der Waals surface area (Å²) in [4.78, 5) is 34.6. The van der Waals surface area contributed by atoms with E-state index in [1.165, 1.54) is 6.92 Å². The first-order chi connectivity index (χ1) is 12.5. The Hall–Kier alpha value is -3.35. The molecular weight excluding hydrogens is 334 g/mol. The van der Waals surface area contributed by atoms with Crippen molar-refractivity contribution in [1.29, 1.82) is 0 Å². The van der Waals surface area contributed by atoms with Crippen LogP contribution in [0.25, 0.3) is 0 Å². The molecule has 2 aromatic rings. The van der Waals surface area contributed by atoms with E-state index in [9.17, 15) is 14.4 Å². The zero-order chi connectivity index (χ0) is 18.8. The predicted octanol–water partition coefficient (Wildman–Crippen LogP) is 1.57. The van der Waals surface area contributed by atoms with Crippen LogP contribution in [0.15, 0.2) is 54.6 Å². The third kappa shape index (κ3) is 6.64. The largest absolute Gasteiger partial charge is 0.484 e. The molecule has 0 saturated heterocycles. The van der Waals surface area contributed by atoms with E-state index in [4.69, 9.17) is 4.74 Å². The predicted molar refractivity (Wildman–Crippen MR) is 98.0 cm³/mol. The lowest BCUT2D eigenvalue weighted by Gasteiger charge is -2.09. The summed E-state index contributed by atoms with van der Waals surface area (Å²) in [5, 5.41) is 7.99. The van der Waals surface area contributed by atoms with Gasteiger partial charge in [-0.1, -0.05) is 18.2 Å². The molecule has 0 aliphatic heterocycles. The highest BCUT2D eigenvalue weighted by molar-refractivity contribution is 5.96. The molecule has 3 N–H and O–H groups in total. The zero-order valence-electron chi connectivity index (χ0n) is 14.5. The van der Waals surface area contributed by atoms with Gasteiger partial charge in [0.2, 0.25) is 5.91 Å². The van der Waals surface area contributed by atoms with Gasteiger partial charge in [-0.2, -0.15) is 0 Å². The van der Waals surface area contributed by atoms with E-state index in [0.717, 1.165) is 0 Å². The lowest BCUT2D eigenvalue weighted by Crippen LogP contribution is -2.33. The van der Waals surface area contributed by atoms with Crippen molar-refractivity contribution in [2.45, 2.75) is 6.92 Å². The fourth-order valence-electron chi connectivity index (χ4n) is 2.08. The van der Waals surface area contributed by atoms with Gasteiger partial charge in [-0.05, 0) is 36.4 Å². The Morgan fingerprint density at radius 3 is 2.19 bits per heavy atom. The Balaban J connectivity index is 1.76. The van der Waals surface area contributed by atoms with Gasteiger partial charge < -0.3 is 20.7 Å². The number of anilines is 1. The summed E-state index contributed by atoms with van der Waals surface area (Å²) in [6.07, 6.45) is 0. The molecule has 0 heterocycles. The quantitative estimate of drug-likeness (QED) is 0.626. The standard InChI is InChI=1S/C19H21N3O4/c1-14(23)20-11-12-21-19(25)15-7-9-16(10-8-15)22-18(24)13-26-17-5-3-2-4-6-17/h2-10H,11-13H2,1H3,(H,20,23)(H,21,25)(H,22,24). The van der Waals surface area contributed by atoms with Crippen molar-refractivity contribution >= 4 is 23.4 Å². The van der Waals surface area contributed by atoms with Crippen molar-refractivity contribution in [2.75, 3.05) is 25.0 Å². The monoisotopic (exact) mass is 355 g/mol. The lowest BCUT2D eigenvalue weighted by molar-refractivity contribution is -0.119. The summed E-state index contributed by atoms with van der Waals surface area (Å²) in [6.45, 7) is 2.03. The molecule has 136 valence electrons. The first-order valence-corrected chi connectivity index (χ1v) is 8.15. The van der Waals surface area contributed by atoms with Crippen molar-refractivity contribution < 1.29 is 19.1 Å². The Labute approximate surface area is 151 Å². The Morgan fingerprint density at radius 2 is 1.54 bits per heavy atom. The number of nitrogens with one attached hydrogen (secondary N) is 3. The second kappa shape index (κ2) is 9.83.